The molecule has 0 radical (unpaired) electrons. The normalized spacial score (nSPS) is 10.9. The molecule has 0 saturated heterocycles. The predicted octanol–water partition coefficient (Wildman–Crippen LogP) is 5.95. The molecule has 0 aliphatic carbocycles. The third kappa shape index (κ3) is 5.16. The molecule has 0 bridgehead atoms. The molecule has 5 rings (SSSR count). The zero-order valence-corrected chi connectivity index (χ0v) is 20.8. The van der Waals surface area contributed by atoms with Crippen molar-refractivity contribution in [3.05, 3.63) is 100 Å². The van der Waals surface area contributed by atoms with Crippen LogP contribution in [0.15, 0.2) is 83.6 Å². The number of hydrogen-bond acceptors (Lipinski definition) is 7. The van der Waals surface area contributed by atoms with Crippen LogP contribution in [-0.4, -0.2) is 30.6 Å². The molecule has 0 aliphatic heterocycles. The number of nitrogens with zero attached hydrogens (tertiary/aromatic N) is 5. The number of amides is 1. The first-order valence-electron chi connectivity index (χ1n) is 11.0. The smallest absolute Gasteiger partial charge is 0.275 e. The number of benzene rings is 2. The van der Waals surface area contributed by atoms with Gasteiger partial charge in [-0.2, -0.15) is 0 Å². The lowest BCUT2D eigenvalue weighted by molar-refractivity contribution is 0.102. The van der Waals surface area contributed by atoms with E-state index in [0.717, 1.165) is 44.1 Å². The SMILES string of the molecule is Cc1ccc(NC(=O)c2csc(CSc3nnc(-c4ccncc4)n3-c3ccccc3C)n2)cc1. The Labute approximate surface area is 211 Å². The quantitative estimate of drug-likeness (QED) is 0.279. The van der Waals surface area contributed by atoms with Crippen molar-refractivity contribution in [2.75, 3.05) is 5.32 Å². The summed E-state index contributed by atoms with van der Waals surface area (Å²) in [5, 5.41) is 15.3. The van der Waals surface area contributed by atoms with Gasteiger partial charge in [-0.25, -0.2) is 4.98 Å². The Bertz CT molecular complexity index is 1460. The maximum absolute atomic E-state index is 12.6. The number of hydrogen-bond donors (Lipinski definition) is 1. The lowest BCUT2D eigenvalue weighted by Gasteiger charge is -2.12. The van der Waals surface area contributed by atoms with E-state index in [2.05, 4.69) is 49.1 Å². The van der Waals surface area contributed by atoms with Crippen LogP contribution in [0.2, 0.25) is 0 Å². The van der Waals surface area contributed by atoms with Crippen molar-refractivity contribution in [3.63, 3.8) is 0 Å². The minimum Gasteiger partial charge on any atom is -0.321 e. The first-order valence-corrected chi connectivity index (χ1v) is 12.8. The van der Waals surface area contributed by atoms with Crippen molar-refractivity contribution >= 4 is 34.7 Å². The summed E-state index contributed by atoms with van der Waals surface area (Å²) in [6.07, 6.45) is 3.50. The second-order valence-corrected chi connectivity index (χ2v) is 9.78. The van der Waals surface area contributed by atoms with Crippen molar-refractivity contribution in [1.82, 2.24) is 24.7 Å². The number of aromatic nitrogens is 5. The molecule has 9 heteroatoms. The van der Waals surface area contributed by atoms with Gasteiger partial charge in [0.25, 0.3) is 5.91 Å². The number of aryl methyl sites for hydroxylation is 2. The summed E-state index contributed by atoms with van der Waals surface area (Å²) in [6.45, 7) is 4.08. The van der Waals surface area contributed by atoms with Gasteiger partial charge in [-0.1, -0.05) is 47.7 Å². The van der Waals surface area contributed by atoms with Gasteiger partial charge in [0.1, 0.15) is 10.7 Å². The second-order valence-electron chi connectivity index (χ2n) is 7.90. The third-order valence-electron chi connectivity index (χ3n) is 5.35. The van der Waals surface area contributed by atoms with Crippen LogP contribution in [0.3, 0.4) is 0 Å². The third-order valence-corrected chi connectivity index (χ3v) is 7.32. The molecule has 7 nitrogen and oxygen atoms in total. The Kier molecular flexibility index (Phi) is 6.69. The van der Waals surface area contributed by atoms with Gasteiger partial charge in [0, 0.05) is 29.0 Å². The van der Waals surface area contributed by atoms with Gasteiger partial charge in [0.15, 0.2) is 11.0 Å². The monoisotopic (exact) mass is 498 g/mol. The summed E-state index contributed by atoms with van der Waals surface area (Å²) in [7, 11) is 0. The average Bonchev–Trinajstić information content (AvgIpc) is 3.52. The number of carbonyl (C=O) groups excluding carboxylic acids is 1. The largest absolute Gasteiger partial charge is 0.321 e. The fraction of sp³-hybridized carbons (Fsp3) is 0.115. The first kappa shape index (κ1) is 22.9. The van der Waals surface area contributed by atoms with E-state index in [9.17, 15) is 4.79 Å². The molecule has 1 amide bonds. The number of anilines is 1. The van der Waals surface area contributed by atoms with Crippen LogP contribution < -0.4 is 5.32 Å². The van der Waals surface area contributed by atoms with Gasteiger partial charge >= 0.3 is 0 Å². The standard InChI is InChI=1S/C26H22N6OS2/c1-17-7-9-20(10-8-17)28-25(33)21-15-34-23(29-21)16-35-26-31-30-24(19-11-13-27-14-12-19)32(26)22-6-4-3-5-18(22)2/h3-15H,16H2,1-2H3,(H,28,33). The highest BCUT2D eigenvalue weighted by molar-refractivity contribution is 7.98. The molecule has 3 heterocycles. The van der Waals surface area contributed by atoms with Gasteiger partial charge in [-0.05, 0) is 49.7 Å². The van der Waals surface area contributed by atoms with Gasteiger partial charge in [0.05, 0.1) is 11.4 Å². The molecule has 1 N–H and O–H groups in total. The Balaban J connectivity index is 1.36. The van der Waals surface area contributed by atoms with Crippen LogP contribution in [0.1, 0.15) is 26.6 Å². The molecule has 174 valence electrons. The molecule has 2 aromatic carbocycles. The summed E-state index contributed by atoms with van der Waals surface area (Å²) in [4.78, 5) is 21.3. The van der Waals surface area contributed by atoms with Crippen LogP contribution in [0.5, 0.6) is 0 Å². The van der Waals surface area contributed by atoms with E-state index in [1.54, 1.807) is 17.8 Å². The summed E-state index contributed by atoms with van der Waals surface area (Å²) in [5.41, 5.74) is 5.37. The summed E-state index contributed by atoms with van der Waals surface area (Å²) in [5.74, 6) is 1.11. The van der Waals surface area contributed by atoms with Gasteiger partial charge in [-0.3, -0.25) is 14.3 Å². The van der Waals surface area contributed by atoms with E-state index in [1.807, 2.05) is 55.5 Å². The van der Waals surface area contributed by atoms with Crippen LogP contribution in [-0.2, 0) is 5.75 Å². The predicted molar refractivity (Wildman–Crippen MR) is 140 cm³/mol. The molecule has 0 unspecified atom stereocenters. The topological polar surface area (TPSA) is 85.6 Å². The second kappa shape index (κ2) is 10.2. The van der Waals surface area contributed by atoms with Crippen molar-refractivity contribution in [2.45, 2.75) is 24.8 Å². The van der Waals surface area contributed by atoms with Crippen LogP contribution >= 0.6 is 23.1 Å². The maximum atomic E-state index is 12.6. The highest BCUT2D eigenvalue weighted by Crippen LogP contribution is 2.31. The highest BCUT2D eigenvalue weighted by Gasteiger charge is 2.18. The molecule has 0 saturated carbocycles. The van der Waals surface area contributed by atoms with Crippen LogP contribution in [0, 0.1) is 13.8 Å². The van der Waals surface area contributed by atoms with E-state index in [-0.39, 0.29) is 5.91 Å². The Hall–Kier alpha value is -3.82. The minimum atomic E-state index is -0.218. The van der Waals surface area contributed by atoms with Crippen molar-refractivity contribution in [1.29, 1.82) is 0 Å². The van der Waals surface area contributed by atoms with E-state index in [1.165, 1.54) is 23.1 Å². The number of thiazole rings is 1. The van der Waals surface area contributed by atoms with Crippen molar-refractivity contribution < 1.29 is 4.79 Å². The van der Waals surface area contributed by atoms with E-state index >= 15 is 0 Å². The zero-order valence-electron chi connectivity index (χ0n) is 19.2. The molecule has 5 aromatic rings. The number of carbonyl (C=O) groups is 1. The Morgan fingerprint density at radius 1 is 1.00 bits per heavy atom. The average molecular weight is 499 g/mol. The fourth-order valence-corrected chi connectivity index (χ4v) is 5.26. The van der Waals surface area contributed by atoms with Crippen molar-refractivity contribution in [2.24, 2.45) is 0 Å². The summed E-state index contributed by atoms with van der Waals surface area (Å²) < 4.78 is 2.06. The molecular weight excluding hydrogens is 476 g/mol. The molecule has 3 aromatic heterocycles. The first-order chi connectivity index (χ1) is 17.1. The zero-order chi connectivity index (χ0) is 24.2. The molecular formula is C26H22N6OS2. The molecule has 0 atom stereocenters. The van der Waals surface area contributed by atoms with Crippen LogP contribution in [0.25, 0.3) is 17.1 Å². The summed E-state index contributed by atoms with van der Waals surface area (Å²) >= 11 is 3.00. The molecule has 0 fully saturated rings. The van der Waals surface area contributed by atoms with E-state index in [0.29, 0.717) is 11.4 Å². The fourth-order valence-electron chi connectivity index (χ4n) is 3.52. The lowest BCUT2D eigenvalue weighted by atomic mass is 10.2. The Morgan fingerprint density at radius 2 is 1.77 bits per heavy atom. The molecule has 0 spiro atoms. The number of nitrogens with one attached hydrogen (secondary N) is 1. The van der Waals surface area contributed by atoms with E-state index < -0.39 is 0 Å². The van der Waals surface area contributed by atoms with Crippen LogP contribution in [0.4, 0.5) is 5.69 Å². The summed E-state index contributed by atoms with van der Waals surface area (Å²) in [6, 6.07) is 19.7. The molecule has 35 heavy (non-hydrogen) atoms. The van der Waals surface area contributed by atoms with E-state index in [4.69, 9.17) is 0 Å². The van der Waals surface area contributed by atoms with Crippen molar-refractivity contribution in [3.8, 4) is 17.1 Å². The van der Waals surface area contributed by atoms with Gasteiger partial charge < -0.3 is 5.32 Å². The Morgan fingerprint density at radius 3 is 2.54 bits per heavy atom. The lowest BCUT2D eigenvalue weighted by Crippen LogP contribution is -2.12. The highest BCUT2D eigenvalue weighted by atomic mass is 32.2. The number of para-hydroxylation sites is 1. The minimum absolute atomic E-state index is 0.218. The maximum Gasteiger partial charge on any atom is 0.275 e. The van der Waals surface area contributed by atoms with Gasteiger partial charge in [0.2, 0.25) is 0 Å². The number of thioether (sulfide) groups is 1. The molecule has 0 aliphatic rings. The number of pyridine rings is 1. The van der Waals surface area contributed by atoms with Gasteiger partial charge in [-0.15, -0.1) is 21.5 Å². The number of rotatable bonds is 7.